The lowest BCUT2D eigenvalue weighted by molar-refractivity contribution is 1.09. The van der Waals surface area contributed by atoms with Crippen LogP contribution in [0.5, 0.6) is 0 Å². The summed E-state index contributed by atoms with van der Waals surface area (Å²) in [7, 11) is 0. The molecule has 106 valence electrons. The molecule has 0 unspecified atom stereocenters. The zero-order valence-corrected chi connectivity index (χ0v) is 13.3. The Hall–Kier alpha value is -1.91. The van der Waals surface area contributed by atoms with Crippen molar-refractivity contribution in [3.8, 4) is 5.69 Å². The average Bonchev–Trinajstić information content (AvgIpc) is 2.81. The van der Waals surface area contributed by atoms with Crippen molar-refractivity contribution in [2.24, 2.45) is 5.73 Å². The first-order chi connectivity index (χ1) is 9.97. The molecule has 0 spiro atoms. The molecule has 0 aliphatic carbocycles. The van der Waals surface area contributed by atoms with Gasteiger partial charge in [-0.15, -0.1) is 0 Å². The number of hydrogen-bond donors (Lipinski definition) is 1. The number of hydrogen-bond acceptors (Lipinski definition) is 2. The van der Waals surface area contributed by atoms with E-state index in [1.54, 1.807) is 6.33 Å². The standard InChI is InChI=1S/C16H14ClN3S/c1-9-5-14-15(6-10(9)2)20(8-19-14)11-3-4-12(16(18)21)13(17)7-11/h3-8H,1-2H3,(H2,18,21). The van der Waals surface area contributed by atoms with Crippen molar-refractivity contribution in [2.45, 2.75) is 13.8 Å². The molecule has 0 saturated heterocycles. The van der Waals surface area contributed by atoms with Crippen molar-refractivity contribution >= 4 is 39.8 Å². The van der Waals surface area contributed by atoms with Crippen LogP contribution in [0, 0.1) is 13.8 Å². The van der Waals surface area contributed by atoms with Crippen molar-refractivity contribution in [3.63, 3.8) is 0 Å². The maximum absolute atomic E-state index is 6.25. The number of thiocarbonyl (C=S) groups is 1. The van der Waals surface area contributed by atoms with Crippen LogP contribution in [0.1, 0.15) is 16.7 Å². The fourth-order valence-corrected chi connectivity index (χ4v) is 2.83. The summed E-state index contributed by atoms with van der Waals surface area (Å²) in [5, 5.41) is 0.547. The Morgan fingerprint density at radius 2 is 1.90 bits per heavy atom. The van der Waals surface area contributed by atoms with Gasteiger partial charge < -0.3 is 5.73 Å². The number of nitrogens with zero attached hydrogens (tertiary/aromatic N) is 2. The Labute approximate surface area is 133 Å². The number of fused-ring (bicyclic) bond motifs is 1. The summed E-state index contributed by atoms with van der Waals surface area (Å²) in [6, 6.07) is 9.86. The second-order valence-electron chi connectivity index (χ2n) is 5.07. The normalized spacial score (nSPS) is 11.0. The third-order valence-electron chi connectivity index (χ3n) is 3.66. The molecule has 0 aliphatic rings. The lowest BCUT2D eigenvalue weighted by atomic mass is 10.1. The molecule has 3 aromatic rings. The molecule has 0 saturated carbocycles. The summed E-state index contributed by atoms with van der Waals surface area (Å²) in [4.78, 5) is 4.75. The van der Waals surface area contributed by atoms with Gasteiger partial charge in [0.15, 0.2) is 0 Å². The van der Waals surface area contributed by atoms with E-state index in [0.717, 1.165) is 16.7 Å². The highest BCUT2D eigenvalue weighted by molar-refractivity contribution is 7.80. The molecule has 2 aromatic carbocycles. The fourth-order valence-electron chi connectivity index (χ4n) is 2.32. The van der Waals surface area contributed by atoms with Crippen LogP contribution in [0.15, 0.2) is 36.7 Å². The van der Waals surface area contributed by atoms with Crippen LogP contribution in [-0.4, -0.2) is 14.5 Å². The molecule has 3 nitrogen and oxygen atoms in total. The summed E-state index contributed by atoms with van der Waals surface area (Å²) in [6.45, 7) is 4.18. The highest BCUT2D eigenvalue weighted by atomic mass is 35.5. The van der Waals surface area contributed by atoms with Crippen LogP contribution in [0.3, 0.4) is 0 Å². The van der Waals surface area contributed by atoms with E-state index in [1.807, 2.05) is 22.8 Å². The van der Waals surface area contributed by atoms with Gasteiger partial charge in [0.2, 0.25) is 0 Å². The van der Waals surface area contributed by atoms with Crippen LogP contribution in [0.2, 0.25) is 5.02 Å². The number of rotatable bonds is 2. The fraction of sp³-hybridized carbons (Fsp3) is 0.125. The molecule has 3 rings (SSSR count). The average molecular weight is 316 g/mol. The highest BCUT2D eigenvalue weighted by Gasteiger charge is 2.09. The predicted molar refractivity (Wildman–Crippen MR) is 91.4 cm³/mol. The second-order valence-corrected chi connectivity index (χ2v) is 5.92. The molecule has 0 aliphatic heterocycles. The molecule has 1 heterocycles. The zero-order valence-electron chi connectivity index (χ0n) is 11.7. The first kappa shape index (κ1) is 14.0. The first-order valence-electron chi connectivity index (χ1n) is 6.51. The quantitative estimate of drug-likeness (QED) is 0.729. The summed E-state index contributed by atoms with van der Waals surface area (Å²) in [5.74, 6) is 0. The van der Waals surface area contributed by atoms with E-state index < -0.39 is 0 Å². The van der Waals surface area contributed by atoms with E-state index in [2.05, 4.69) is 31.0 Å². The minimum Gasteiger partial charge on any atom is -0.389 e. The minimum absolute atomic E-state index is 0.300. The molecular weight excluding hydrogens is 302 g/mol. The lowest BCUT2D eigenvalue weighted by Gasteiger charge is -2.09. The van der Waals surface area contributed by atoms with Gasteiger partial charge in [0.1, 0.15) is 11.3 Å². The van der Waals surface area contributed by atoms with Crippen LogP contribution in [-0.2, 0) is 0 Å². The lowest BCUT2D eigenvalue weighted by Crippen LogP contribution is -2.10. The van der Waals surface area contributed by atoms with Crippen LogP contribution in [0.25, 0.3) is 16.7 Å². The van der Waals surface area contributed by atoms with Crippen molar-refractivity contribution < 1.29 is 0 Å². The maximum atomic E-state index is 6.25. The van der Waals surface area contributed by atoms with Crippen molar-refractivity contribution in [1.29, 1.82) is 0 Å². The van der Waals surface area contributed by atoms with E-state index in [1.165, 1.54) is 11.1 Å². The Kier molecular flexibility index (Phi) is 3.43. The van der Waals surface area contributed by atoms with Gasteiger partial charge in [-0.3, -0.25) is 4.57 Å². The molecule has 5 heteroatoms. The van der Waals surface area contributed by atoms with E-state index >= 15 is 0 Å². The highest BCUT2D eigenvalue weighted by Crippen LogP contribution is 2.25. The molecule has 0 bridgehead atoms. The van der Waals surface area contributed by atoms with Gasteiger partial charge >= 0.3 is 0 Å². The third-order valence-corrected chi connectivity index (χ3v) is 4.19. The molecule has 0 fully saturated rings. The van der Waals surface area contributed by atoms with Gasteiger partial charge in [0.25, 0.3) is 0 Å². The Balaban J connectivity index is 2.19. The summed E-state index contributed by atoms with van der Waals surface area (Å²) >= 11 is 11.2. The zero-order chi connectivity index (χ0) is 15.1. The van der Waals surface area contributed by atoms with Crippen molar-refractivity contribution in [1.82, 2.24) is 9.55 Å². The van der Waals surface area contributed by atoms with Crippen LogP contribution < -0.4 is 5.73 Å². The monoisotopic (exact) mass is 315 g/mol. The number of imidazole rings is 1. The third kappa shape index (κ3) is 2.41. The van der Waals surface area contributed by atoms with Gasteiger partial charge in [-0.2, -0.15) is 0 Å². The van der Waals surface area contributed by atoms with Gasteiger partial charge in [-0.25, -0.2) is 4.98 Å². The molecule has 1 aromatic heterocycles. The van der Waals surface area contributed by atoms with Gasteiger partial charge in [-0.1, -0.05) is 23.8 Å². The van der Waals surface area contributed by atoms with Crippen LogP contribution >= 0.6 is 23.8 Å². The van der Waals surface area contributed by atoms with E-state index in [4.69, 9.17) is 29.6 Å². The smallest absolute Gasteiger partial charge is 0.105 e. The summed E-state index contributed by atoms with van der Waals surface area (Å²) in [6.07, 6.45) is 1.80. The van der Waals surface area contributed by atoms with Crippen molar-refractivity contribution in [2.75, 3.05) is 0 Å². The molecular formula is C16H14ClN3S. The topological polar surface area (TPSA) is 43.8 Å². The molecule has 21 heavy (non-hydrogen) atoms. The minimum atomic E-state index is 0.300. The number of aromatic nitrogens is 2. The van der Waals surface area contributed by atoms with Gasteiger partial charge in [-0.05, 0) is 55.3 Å². The molecule has 0 amide bonds. The number of benzene rings is 2. The predicted octanol–water partition coefficient (Wildman–Crippen LogP) is 3.93. The van der Waals surface area contributed by atoms with E-state index in [0.29, 0.717) is 15.6 Å². The molecule has 2 N–H and O–H groups in total. The van der Waals surface area contributed by atoms with Gasteiger partial charge in [0.05, 0.1) is 16.1 Å². The van der Waals surface area contributed by atoms with Gasteiger partial charge in [0, 0.05) is 11.3 Å². The molecule has 0 radical (unpaired) electrons. The number of aryl methyl sites for hydroxylation is 2. The van der Waals surface area contributed by atoms with E-state index in [9.17, 15) is 0 Å². The van der Waals surface area contributed by atoms with E-state index in [-0.39, 0.29) is 0 Å². The Bertz CT molecular complexity index is 867. The first-order valence-corrected chi connectivity index (χ1v) is 7.30. The Morgan fingerprint density at radius 1 is 1.19 bits per heavy atom. The maximum Gasteiger partial charge on any atom is 0.105 e. The molecule has 0 atom stereocenters. The number of nitrogens with two attached hydrogens (primary N) is 1. The number of halogens is 1. The SMILES string of the molecule is Cc1cc2ncn(-c3ccc(C(N)=S)c(Cl)c3)c2cc1C. The summed E-state index contributed by atoms with van der Waals surface area (Å²) in [5.41, 5.74) is 11.7. The second kappa shape index (κ2) is 5.13. The largest absolute Gasteiger partial charge is 0.389 e. The Morgan fingerprint density at radius 3 is 2.57 bits per heavy atom. The summed E-state index contributed by atoms with van der Waals surface area (Å²) < 4.78 is 2.01. The van der Waals surface area contributed by atoms with Crippen molar-refractivity contribution in [3.05, 3.63) is 58.4 Å². The van der Waals surface area contributed by atoms with Crippen LogP contribution in [0.4, 0.5) is 0 Å².